The Balaban J connectivity index is 1.55. The molecule has 4 atom stereocenters. The summed E-state index contributed by atoms with van der Waals surface area (Å²) in [6.45, 7) is 6.84. The summed E-state index contributed by atoms with van der Waals surface area (Å²) in [6.07, 6.45) is 4.83. The number of para-hydroxylation sites is 1. The molecule has 36 heavy (non-hydrogen) atoms. The van der Waals surface area contributed by atoms with Gasteiger partial charge in [0, 0.05) is 23.7 Å². The summed E-state index contributed by atoms with van der Waals surface area (Å²) in [4.78, 5) is 29.7. The zero-order valence-electron chi connectivity index (χ0n) is 21.7. The van der Waals surface area contributed by atoms with Gasteiger partial charge in [0.25, 0.3) is 5.91 Å². The molecule has 1 N–H and O–H groups in total. The number of carbonyl (C=O) groups excluding carboxylic acids is 2. The van der Waals surface area contributed by atoms with Gasteiger partial charge < -0.3 is 28.7 Å². The number of carbonyl (C=O) groups is 2. The average Bonchev–Trinajstić information content (AvgIpc) is 3.46. The lowest BCUT2D eigenvalue weighted by atomic mass is 9.77. The Hall–Kier alpha value is -3.42. The second-order valence-corrected chi connectivity index (χ2v) is 10.5. The minimum absolute atomic E-state index is 0.0846. The van der Waals surface area contributed by atoms with Gasteiger partial charge >= 0.3 is 0 Å². The van der Waals surface area contributed by atoms with Crippen LogP contribution in [0.3, 0.4) is 0 Å². The lowest BCUT2D eigenvalue weighted by Crippen LogP contribution is -2.65. The van der Waals surface area contributed by atoms with E-state index in [0.717, 1.165) is 23.9 Å². The maximum atomic E-state index is 14.1. The molecule has 2 aromatic heterocycles. The van der Waals surface area contributed by atoms with Gasteiger partial charge in [-0.3, -0.25) is 9.59 Å². The molecule has 0 spiro atoms. The molecule has 1 saturated carbocycles. The van der Waals surface area contributed by atoms with Crippen LogP contribution in [0, 0.1) is 11.8 Å². The first-order valence-electron chi connectivity index (χ1n) is 12.7. The molecular formula is C28H35N3O5. The molecule has 192 valence electrons. The molecule has 2 amide bonds. The highest BCUT2D eigenvalue weighted by atomic mass is 16.5. The van der Waals surface area contributed by atoms with Crippen LogP contribution in [0.2, 0.25) is 0 Å². The molecule has 1 aliphatic heterocycles. The van der Waals surface area contributed by atoms with Crippen LogP contribution in [0.4, 0.5) is 0 Å². The van der Waals surface area contributed by atoms with Crippen molar-refractivity contribution in [2.24, 2.45) is 11.8 Å². The van der Waals surface area contributed by atoms with Crippen molar-refractivity contribution < 1.29 is 23.5 Å². The highest BCUT2D eigenvalue weighted by Gasteiger charge is 2.49. The lowest BCUT2D eigenvalue weighted by Gasteiger charge is -2.45. The summed E-state index contributed by atoms with van der Waals surface area (Å²) in [6, 6.07) is 9.27. The molecule has 1 aromatic carbocycles. The van der Waals surface area contributed by atoms with Crippen molar-refractivity contribution in [3.63, 3.8) is 0 Å². The maximum absolute atomic E-state index is 14.1. The van der Waals surface area contributed by atoms with E-state index < -0.39 is 5.54 Å². The van der Waals surface area contributed by atoms with E-state index >= 15 is 0 Å². The van der Waals surface area contributed by atoms with E-state index in [9.17, 15) is 9.59 Å². The van der Waals surface area contributed by atoms with Gasteiger partial charge in [-0.1, -0.05) is 38.8 Å². The normalized spacial score (nSPS) is 26.1. The van der Waals surface area contributed by atoms with E-state index in [-0.39, 0.29) is 24.4 Å². The number of rotatable bonds is 6. The Morgan fingerprint density at radius 1 is 1.19 bits per heavy atom. The van der Waals surface area contributed by atoms with Gasteiger partial charge in [-0.25, -0.2) is 0 Å². The summed E-state index contributed by atoms with van der Waals surface area (Å²) in [5.41, 5.74) is 1.61. The third-order valence-electron chi connectivity index (χ3n) is 8.37. The number of ether oxygens (including phenoxy) is 2. The van der Waals surface area contributed by atoms with Crippen molar-refractivity contribution in [3.8, 4) is 11.5 Å². The largest absolute Gasteiger partial charge is 0.493 e. The molecule has 0 unspecified atom stereocenters. The molecule has 1 aliphatic carbocycles. The third kappa shape index (κ3) is 3.83. The summed E-state index contributed by atoms with van der Waals surface area (Å²) in [5.74, 6) is 1.69. The number of methoxy groups -OCH3 is 2. The van der Waals surface area contributed by atoms with E-state index in [1.54, 1.807) is 31.4 Å². The molecule has 0 radical (unpaired) electrons. The SMILES string of the molecule is COc1cccc(CN2C(=O)c3cc4occc4n3C[C@]2(C)C(=O)N[C@@H]2CCC[C@H](C)[C@@H]2C)c1OC. The van der Waals surface area contributed by atoms with Crippen LogP contribution in [-0.2, 0) is 17.9 Å². The van der Waals surface area contributed by atoms with Gasteiger partial charge in [0.05, 0.1) is 39.1 Å². The number of nitrogens with zero attached hydrogens (tertiary/aromatic N) is 2. The van der Waals surface area contributed by atoms with Crippen LogP contribution < -0.4 is 14.8 Å². The van der Waals surface area contributed by atoms with Gasteiger partial charge in [-0.05, 0) is 31.2 Å². The molecule has 2 aliphatic rings. The van der Waals surface area contributed by atoms with Gasteiger partial charge in [-0.15, -0.1) is 0 Å². The molecule has 0 saturated heterocycles. The molecule has 5 rings (SSSR count). The smallest absolute Gasteiger partial charge is 0.271 e. The fourth-order valence-corrected chi connectivity index (χ4v) is 5.88. The number of aromatic nitrogens is 1. The summed E-state index contributed by atoms with van der Waals surface area (Å²) in [7, 11) is 3.16. The first-order valence-corrected chi connectivity index (χ1v) is 12.7. The van der Waals surface area contributed by atoms with Crippen LogP contribution in [0.1, 0.15) is 56.1 Å². The van der Waals surface area contributed by atoms with Crippen LogP contribution in [-0.4, -0.2) is 47.1 Å². The van der Waals surface area contributed by atoms with Gasteiger partial charge in [0.1, 0.15) is 11.2 Å². The highest BCUT2D eigenvalue weighted by molar-refractivity contribution is 6.03. The van der Waals surface area contributed by atoms with Crippen molar-refractivity contribution in [3.05, 3.63) is 47.9 Å². The predicted molar refractivity (Wildman–Crippen MR) is 136 cm³/mol. The Labute approximate surface area is 211 Å². The van der Waals surface area contributed by atoms with Crippen molar-refractivity contribution in [2.45, 2.75) is 64.7 Å². The average molecular weight is 494 g/mol. The number of hydrogen-bond donors (Lipinski definition) is 1. The quantitative estimate of drug-likeness (QED) is 0.542. The van der Waals surface area contributed by atoms with E-state index in [2.05, 4.69) is 19.2 Å². The van der Waals surface area contributed by atoms with Gasteiger partial charge in [0.2, 0.25) is 5.91 Å². The van der Waals surface area contributed by atoms with E-state index in [0.29, 0.717) is 41.2 Å². The predicted octanol–water partition coefficient (Wildman–Crippen LogP) is 4.61. The number of benzene rings is 1. The minimum atomic E-state index is -1.12. The second kappa shape index (κ2) is 9.22. The topological polar surface area (TPSA) is 85.9 Å². The zero-order chi connectivity index (χ0) is 25.6. The molecule has 8 nitrogen and oxygen atoms in total. The number of amides is 2. The zero-order valence-corrected chi connectivity index (χ0v) is 21.7. The monoisotopic (exact) mass is 493 g/mol. The molecule has 3 aromatic rings. The first kappa shape index (κ1) is 24.3. The van der Waals surface area contributed by atoms with Gasteiger partial charge in [-0.2, -0.15) is 0 Å². The van der Waals surface area contributed by atoms with Crippen molar-refractivity contribution in [1.82, 2.24) is 14.8 Å². The van der Waals surface area contributed by atoms with Crippen molar-refractivity contribution >= 4 is 22.9 Å². The lowest BCUT2D eigenvalue weighted by molar-refractivity contribution is -0.134. The van der Waals surface area contributed by atoms with Gasteiger partial charge in [0.15, 0.2) is 17.1 Å². The summed E-state index contributed by atoms with van der Waals surface area (Å²) in [5, 5.41) is 3.34. The summed E-state index contributed by atoms with van der Waals surface area (Å²) < 4.78 is 18.6. The third-order valence-corrected chi connectivity index (χ3v) is 8.37. The number of nitrogens with one attached hydrogen (secondary N) is 1. The Morgan fingerprint density at radius 2 is 2.00 bits per heavy atom. The second-order valence-electron chi connectivity index (χ2n) is 10.5. The Bertz CT molecular complexity index is 1290. The van der Waals surface area contributed by atoms with Crippen LogP contribution in [0.25, 0.3) is 11.1 Å². The van der Waals surface area contributed by atoms with Crippen LogP contribution in [0.15, 0.2) is 41.0 Å². The number of hydrogen-bond acceptors (Lipinski definition) is 5. The minimum Gasteiger partial charge on any atom is -0.493 e. The Kier molecular flexibility index (Phi) is 6.22. The van der Waals surface area contributed by atoms with E-state index in [1.165, 1.54) is 6.42 Å². The summed E-state index contributed by atoms with van der Waals surface area (Å²) >= 11 is 0. The number of fused-ring (bicyclic) bond motifs is 3. The van der Waals surface area contributed by atoms with E-state index in [1.807, 2.05) is 35.8 Å². The Morgan fingerprint density at radius 3 is 2.75 bits per heavy atom. The first-order chi connectivity index (χ1) is 17.3. The maximum Gasteiger partial charge on any atom is 0.271 e. The highest BCUT2D eigenvalue weighted by Crippen LogP contribution is 2.38. The van der Waals surface area contributed by atoms with Crippen molar-refractivity contribution in [1.29, 1.82) is 0 Å². The number of furan rings is 1. The fraction of sp³-hybridized carbons (Fsp3) is 0.500. The van der Waals surface area contributed by atoms with E-state index in [4.69, 9.17) is 13.9 Å². The standard InChI is InChI=1S/C28H35N3O5/c1-17-8-6-10-20(18(17)2)29-27(33)28(3)16-30-21-12-13-36-24(21)14-22(30)26(32)31(28)15-19-9-7-11-23(34-4)25(19)35-5/h7,9,11-14,17-18,20H,6,8,10,15-16H2,1-5H3,(H,29,33)/t17-,18-,20+,28+/m0/s1. The molecule has 1 fully saturated rings. The molecule has 3 heterocycles. The van der Waals surface area contributed by atoms with Crippen molar-refractivity contribution in [2.75, 3.05) is 14.2 Å². The fourth-order valence-electron chi connectivity index (χ4n) is 5.88. The van der Waals surface area contributed by atoms with Crippen LogP contribution in [0.5, 0.6) is 11.5 Å². The molecule has 8 heteroatoms. The molecule has 0 bridgehead atoms. The van der Waals surface area contributed by atoms with Crippen LogP contribution >= 0.6 is 0 Å². The molecular weight excluding hydrogens is 458 g/mol.